The summed E-state index contributed by atoms with van der Waals surface area (Å²) < 4.78 is 26.0. The number of amides is 1. The molecule has 0 saturated heterocycles. The first-order valence-electron chi connectivity index (χ1n) is 5.03. The number of nitrogens with zero attached hydrogens (tertiary/aromatic N) is 1. The quantitative estimate of drug-likeness (QED) is 0.333. The fourth-order valence-corrected chi connectivity index (χ4v) is 1.11. The van der Waals surface area contributed by atoms with Gasteiger partial charge in [-0.2, -0.15) is 0 Å². The van der Waals surface area contributed by atoms with Crippen LogP contribution in [0.2, 0.25) is 0 Å². The summed E-state index contributed by atoms with van der Waals surface area (Å²) >= 11 is 0. The Labute approximate surface area is 102 Å². The van der Waals surface area contributed by atoms with Gasteiger partial charge in [-0.15, -0.1) is 0 Å². The number of anilines is 1. The van der Waals surface area contributed by atoms with E-state index in [4.69, 9.17) is 10.9 Å². The van der Waals surface area contributed by atoms with Gasteiger partial charge in [-0.25, -0.2) is 8.78 Å². The van der Waals surface area contributed by atoms with Gasteiger partial charge < -0.3 is 16.3 Å². The third kappa shape index (κ3) is 2.73. The SMILES string of the molecule is CC(C)(C(=O)Nc1ccc(F)cc1F)C(N)=NO. The third-order valence-electron chi connectivity index (χ3n) is 2.50. The highest BCUT2D eigenvalue weighted by molar-refractivity contribution is 6.11. The van der Waals surface area contributed by atoms with Crippen LogP contribution in [0.4, 0.5) is 14.5 Å². The number of nitrogens with one attached hydrogen (secondary N) is 1. The Morgan fingerprint density at radius 2 is 2.06 bits per heavy atom. The predicted octanol–water partition coefficient (Wildman–Crippen LogP) is 1.68. The van der Waals surface area contributed by atoms with Crippen molar-refractivity contribution in [2.24, 2.45) is 16.3 Å². The molecule has 4 N–H and O–H groups in total. The highest BCUT2D eigenvalue weighted by Crippen LogP contribution is 2.21. The number of halogens is 2. The van der Waals surface area contributed by atoms with E-state index in [1.54, 1.807) is 0 Å². The lowest BCUT2D eigenvalue weighted by molar-refractivity contribution is -0.121. The van der Waals surface area contributed by atoms with Crippen molar-refractivity contribution in [1.82, 2.24) is 0 Å². The molecule has 0 bridgehead atoms. The summed E-state index contributed by atoms with van der Waals surface area (Å²) in [5.41, 5.74) is 3.85. The van der Waals surface area contributed by atoms with Crippen LogP contribution in [0.1, 0.15) is 13.8 Å². The lowest BCUT2D eigenvalue weighted by Gasteiger charge is -2.21. The molecule has 0 atom stereocenters. The molecule has 1 rings (SSSR count). The summed E-state index contributed by atoms with van der Waals surface area (Å²) in [5.74, 6) is -2.65. The molecule has 0 saturated carbocycles. The highest BCUT2D eigenvalue weighted by Gasteiger charge is 2.33. The van der Waals surface area contributed by atoms with Crippen LogP contribution >= 0.6 is 0 Å². The molecule has 0 aliphatic heterocycles. The van der Waals surface area contributed by atoms with Crippen molar-refractivity contribution in [3.63, 3.8) is 0 Å². The van der Waals surface area contributed by atoms with E-state index in [0.29, 0.717) is 6.07 Å². The lowest BCUT2D eigenvalue weighted by atomic mass is 9.91. The molecular formula is C11H13F2N3O2. The molecule has 0 spiro atoms. The Balaban J connectivity index is 2.95. The summed E-state index contributed by atoms with van der Waals surface area (Å²) in [7, 11) is 0. The number of benzene rings is 1. The van der Waals surface area contributed by atoms with E-state index in [1.807, 2.05) is 0 Å². The van der Waals surface area contributed by atoms with Crippen LogP contribution in [0.3, 0.4) is 0 Å². The number of oxime groups is 1. The van der Waals surface area contributed by atoms with Crippen LogP contribution in [0.5, 0.6) is 0 Å². The Morgan fingerprint density at radius 1 is 1.44 bits per heavy atom. The van der Waals surface area contributed by atoms with E-state index in [-0.39, 0.29) is 11.5 Å². The average molecular weight is 257 g/mol. The topological polar surface area (TPSA) is 87.7 Å². The van der Waals surface area contributed by atoms with Crippen LogP contribution in [-0.4, -0.2) is 17.0 Å². The summed E-state index contributed by atoms with van der Waals surface area (Å²) in [5, 5.41) is 13.5. The molecule has 7 heteroatoms. The maximum Gasteiger partial charge on any atom is 0.237 e. The maximum atomic E-state index is 13.3. The van der Waals surface area contributed by atoms with Crippen molar-refractivity contribution in [1.29, 1.82) is 0 Å². The van der Waals surface area contributed by atoms with Crippen molar-refractivity contribution < 1.29 is 18.8 Å². The fourth-order valence-electron chi connectivity index (χ4n) is 1.11. The van der Waals surface area contributed by atoms with E-state index >= 15 is 0 Å². The van der Waals surface area contributed by atoms with Gasteiger partial charge >= 0.3 is 0 Å². The van der Waals surface area contributed by atoms with Crippen LogP contribution < -0.4 is 11.1 Å². The molecule has 0 aliphatic carbocycles. The number of amidine groups is 1. The largest absolute Gasteiger partial charge is 0.409 e. The molecular weight excluding hydrogens is 244 g/mol. The molecule has 18 heavy (non-hydrogen) atoms. The van der Waals surface area contributed by atoms with Gasteiger partial charge in [0.2, 0.25) is 5.91 Å². The summed E-state index contributed by atoms with van der Waals surface area (Å²) in [6, 6.07) is 2.74. The van der Waals surface area contributed by atoms with E-state index in [0.717, 1.165) is 12.1 Å². The minimum Gasteiger partial charge on any atom is -0.409 e. The van der Waals surface area contributed by atoms with Crippen molar-refractivity contribution >= 4 is 17.4 Å². The number of hydrogen-bond acceptors (Lipinski definition) is 3. The van der Waals surface area contributed by atoms with Crippen molar-refractivity contribution in [3.8, 4) is 0 Å². The number of hydrogen-bond donors (Lipinski definition) is 3. The van der Waals surface area contributed by atoms with Gasteiger partial charge in [0.1, 0.15) is 17.0 Å². The minimum absolute atomic E-state index is 0.180. The number of nitrogens with two attached hydrogens (primary N) is 1. The van der Waals surface area contributed by atoms with Gasteiger partial charge in [-0.3, -0.25) is 4.79 Å². The van der Waals surface area contributed by atoms with Crippen LogP contribution in [-0.2, 0) is 4.79 Å². The van der Waals surface area contributed by atoms with Gasteiger partial charge in [0, 0.05) is 6.07 Å². The summed E-state index contributed by atoms with van der Waals surface area (Å²) in [6.07, 6.45) is 0. The van der Waals surface area contributed by atoms with Gasteiger partial charge in [0.25, 0.3) is 0 Å². The van der Waals surface area contributed by atoms with Gasteiger partial charge in [0.15, 0.2) is 5.84 Å². The standard InChI is InChI=1S/C11H13F2N3O2/c1-11(2,9(14)16-18)10(17)15-8-4-3-6(12)5-7(8)13/h3-5,18H,1-2H3,(H2,14,16)(H,15,17). The zero-order valence-corrected chi connectivity index (χ0v) is 9.87. The Bertz CT molecular complexity index is 501. The molecule has 1 aromatic rings. The normalized spacial score (nSPS) is 12.3. The van der Waals surface area contributed by atoms with Crippen LogP contribution in [0.25, 0.3) is 0 Å². The second-order valence-corrected chi connectivity index (χ2v) is 4.19. The second kappa shape index (κ2) is 4.99. The Kier molecular flexibility index (Phi) is 3.85. The predicted molar refractivity (Wildman–Crippen MR) is 62.2 cm³/mol. The first-order valence-corrected chi connectivity index (χ1v) is 5.03. The zero-order valence-electron chi connectivity index (χ0n) is 9.87. The molecule has 0 aromatic heterocycles. The van der Waals surface area contributed by atoms with Gasteiger partial charge in [-0.1, -0.05) is 5.16 Å². The first kappa shape index (κ1) is 13.9. The summed E-state index contributed by atoms with van der Waals surface area (Å²) in [4.78, 5) is 11.8. The molecule has 1 amide bonds. The Hall–Kier alpha value is -2.18. The molecule has 0 unspecified atom stereocenters. The highest BCUT2D eigenvalue weighted by atomic mass is 19.1. The molecule has 98 valence electrons. The van der Waals surface area contributed by atoms with Crippen LogP contribution in [0, 0.1) is 17.0 Å². The Morgan fingerprint density at radius 3 is 2.56 bits per heavy atom. The third-order valence-corrected chi connectivity index (χ3v) is 2.50. The number of rotatable bonds is 3. The summed E-state index contributed by atoms with van der Waals surface area (Å²) in [6.45, 7) is 2.80. The van der Waals surface area contributed by atoms with E-state index < -0.39 is 23.0 Å². The van der Waals surface area contributed by atoms with Crippen molar-refractivity contribution in [2.45, 2.75) is 13.8 Å². The van der Waals surface area contributed by atoms with Crippen molar-refractivity contribution in [2.75, 3.05) is 5.32 Å². The fraction of sp³-hybridized carbons (Fsp3) is 0.273. The second-order valence-electron chi connectivity index (χ2n) is 4.19. The molecule has 0 aliphatic rings. The number of carbonyl (C=O) groups is 1. The molecule has 5 nitrogen and oxygen atoms in total. The first-order chi connectivity index (χ1) is 8.28. The number of carbonyl (C=O) groups excluding carboxylic acids is 1. The van der Waals surface area contributed by atoms with E-state index in [2.05, 4.69) is 10.5 Å². The zero-order chi connectivity index (χ0) is 13.9. The van der Waals surface area contributed by atoms with Gasteiger partial charge in [-0.05, 0) is 26.0 Å². The molecule has 0 radical (unpaired) electrons. The smallest absolute Gasteiger partial charge is 0.237 e. The molecule has 0 heterocycles. The van der Waals surface area contributed by atoms with Crippen molar-refractivity contribution in [3.05, 3.63) is 29.8 Å². The van der Waals surface area contributed by atoms with E-state index in [9.17, 15) is 13.6 Å². The molecule has 1 aromatic carbocycles. The van der Waals surface area contributed by atoms with Crippen LogP contribution in [0.15, 0.2) is 23.4 Å². The average Bonchev–Trinajstić information content (AvgIpc) is 2.31. The van der Waals surface area contributed by atoms with E-state index in [1.165, 1.54) is 13.8 Å². The van der Waals surface area contributed by atoms with Gasteiger partial charge in [0.05, 0.1) is 5.69 Å². The minimum atomic E-state index is -1.32. The monoisotopic (exact) mass is 257 g/mol. The lowest BCUT2D eigenvalue weighted by Crippen LogP contribution is -2.42. The maximum absolute atomic E-state index is 13.3. The molecule has 0 fully saturated rings.